The Bertz CT molecular complexity index is 173. The number of ketones is 1. The van der Waals surface area contributed by atoms with Gasteiger partial charge < -0.3 is 0 Å². The van der Waals surface area contributed by atoms with Gasteiger partial charge >= 0.3 is 0 Å². The largest absolute Gasteiger partial charge is 0.299 e. The van der Waals surface area contributed by atoms with Crippen LogP contribution in [0.15, 0.2) is 0 Å². The van der Waals surface area contributed by atoms with Crippen LogP contribution in [0.2, 0.25) is 0 Å². The van der Waals surface area contributed by atoms with Gasteiger partial charge in [0.05, 0.1) is 0 Å². The molecule has 0 saturated heterocycles. The molecule has 0 aliphatic heterocycles. The molecule has 0 atom stereocenters. The molecule has 0 aromatic carbocycles. The molecule has 1 nitrogen and oxygen atoms in total. The van der Waals surface area contributed by atoms with Crippen molar-refractivity contribution in [1.82, 2.24) is 0 Å². The molecule has 2 aliphatic carbocycles. The highest BCUT2D eigenvalue weighted by Crippen LogP contribution is 2.49. The first-order chi connectivity index (χ1) is 5.22. The number of hydrogen-bond acceptors (Lipinski definition) is 1. The summed E-state index contributed by atoms with van der Waals surface area (Å²) in [6.45, 7) is 2.13. The highest BCUT2D eigenvalue weighted by atomic mass is 16.1. The van der Waals surface area contributed by atoms with Gasteiger partial charge in [-0.15, -0.1) is 0 Å². The Kier molecular flexibility index (Phi) is 1.55. The number of rotatable bonds is 2. The Morgan fingerprint density at radius 1 is 1.27 bits per heavy atom. The zero-order chi connectivity index (χ0) is 7.90. The molecule has 0 amide bonds. The summed E-state index contributed by atoms with van der Waals surface area (Å²) in [5.74, 6) is 1.03. The Labute approximate surface area is 68.2 Å². The molecule has 0 heterocycles. The van der Waals surface area contributed by atoms with Crippen molar-refractivity contribution in [1.29, 1.82) is 0 Å². The third-order valence-corrected chi connectivity index (χ3v) is 3.32. The molecule has 0 N–H and O–H groups in total. The summed E-state index contributed by atoms with van der Waals surface area (Å²) in [6.07, 6.45) is 7.23. The standard InChI is InChI=1S/C10H16O/c1-10(6-7-10)9(11)8-4-2-3-5-8/h8H,2-7H2,1H3. The van der Waals surface area contributed by atoms with Gasteiger partial charge in [0, 0.05) is 11.3 Å². The Balaban J connectivity index is 1.98. The summed E-state index contributed by atoms with van der Waals surface area (Å²) < 4.78 is 0. The smallest absolute Gasteiger partial charge is 0.141 e. The Morgan fingerprint density at radius 3 is 2.27 bits per heavy atom. The predicted molar refractivity (Wildman–Crippen MR) is 44.3 cm³/mol. The van der Waals surface area contributed by atoms with Gasteiger partial charge in [-0.25, -0.2) is 0 Å². The lowest BCUT2D eigenvalue weighted by atomic mass is 9.91. The van der Waals surface area contributed by atoms with Crippen LogP contribution in [0.25, 0.3) is 0 Å². The molecule has 0 unspecified atom stereocenters. The average Bonchev–Trinajstić information content (AvgIpc) is 2.54. The SMILES string of the molecule is CC1(C(=O)C2CCCC2)CC1. The second-order valence-corrected chi connectivity index (χ2v) is 4.41. The number of Topliss-reactive ketones (excluding diaryl/α,β-unsaturated/α-hetero) is 1. The van der Waals surface area contributed by atoms with Crippen LogP contribution in [0.3, 0.4) is 0 Å². The minimum atomic E-state index is 0.134. The fourth-order valence-corrected chi connectivity index (χ4v) is 2.11. The fraction of sp³-hybridized carbons (Fsp3) is 0.900. The summed E-state index contributed by atoms with van der Waals surface area (Å²) in [4.78, 5) is 11.7. The monoisotopic (exact) mass is 152 g/mol. The minimum absolute atomic E-state index is 0.134. The molecule has 2 fully saturated rings. The first-order valence-corrected chi connectivity index (χ1v) is 4.77. The third kappa shape index (κ3) is 1.21. The molecule has 0 spiro atoms. The van der Waals surface area contributed by atoms with E-state index in [0.717, 1.165) is 12.8 Å². The van der Waals surface area contributed by atoms with Crippen LogP contribution in [0, 0.1) is 11.3 Å². The van der Waals surface area contributed by atoms with E-state index in [0.29, 0.717) is 11.7 Å². The normalized spacial score (nSPS) is 28.8. The highest BCUT2D eigenvalue weighted by Gasteiger charge is 2.47. The molecule has 2 rings (SSSR count). The second kappa shape index (κ2) is 2.33. The van der Waals surface area contributed by atoms with Gasteiger partial charge in [0.2, 0.25) is 0 Å². The van der Waals surface area contributed by atoms with E-state index >= 15 is 0 Å². The second-order valence-electron chi connectivity index (χ2n) is 4.41. The molecule has 0 aromatic heterocycles. The van der Waals surface area contributed by atoms with Crippen LogP contribution >= 0.6 is 0 Å². The fourth-order valence-electron chi connectivity index (χ4n) is 2.11. The van der Waals surface area contributed by atoms with E-state index in [1.54, 1.807) is 0 Å². The zero-order valence-electron chi connectivity index (χ0n) is 7.23. The van der Waals surface area contributed by atoms with Crippen molar-refractivity contribution in [3.63, 3.8) is 0 Å². The number of hydrogen-bond donors (Lipinski definition) is 0. The van der Waals surface area contributed by atoms with E-state index in [9.17, 15) is 4.79 Å². The molecule has 0 aromatic rings. The summed E-state index contributed by atoms with van der Waals surface area (Å²) in [7, 11) is 0. The van der Waals surface area contributed by atoms with Crippen LogP contribution < -0.4 is 0 Å². The van der Waals surface area contributed by atoms with Gasteiger partial charge in [-0.3, -0.25) is 4.79 Å². The van der Waals surface area contributed by atoms with Crippen LogP contribution in [0.5, 0.6) is 0 Å². The van der Waals surface area contributed by atoms with Gasteiger partial charge in [0.25, 0.3) is 0 Å². The van der Waals surface area contributed by atoms with E-state index in [1.807, 2.05) is 0 Å². The summed E-state index contributed by atoms with van der Waals surface area (Å²) in [6, 6.07) is 0. The van der Waals surface area contributed by atoms with Gasteiger partial charge in [-0.2, -0.15) is 0 Å². The molecule has 2 saturated carbocycles. The minimum Gasteiger partial charge on any atom is -0.299 e. The Hall–Kier alpha value is -0.330. The van der Waals surface area contributed by atoms with E-state index < -0.39 is 0 Å². The summed E-state index contributed by atoms with van der Waals surface area (Å²) >= 11 is 0. The molecule has 1 heteroatoms. The Morgan fingerprint density at radius 2 is 1.82 bits per heavy atom. The topological polar surface area (TPSA) is 17.1 Å². The third-order valence-electron chi connectivity index (χ3n) is 3.32. The van der Waals surface area contributed by atoms with Gasteiger partial charge in [0.1, 0.15) is 5.78 Å². The number of carbonyl (C=O) groups excluding carboxylic acids is 1. The van der Waals surface area contributed by atoms with Crippen LogP contribution in [-0.4, -0.2) is 5.78 Å². The first-order valence-electron chi connectivity index (χ1n) is 4.77. The van der Waals surface area contributed by atoms with Gasteiger partial charge in [-0.05, 0) is 25.7 Å². The van der Waals surface area contributed by atoms with E-state index in [1.165, 1.54) is 25.7 Å². The summed E-state index contributed by atoms with van der Waals surface area (Å²) in [5.41, 5.74) is 0.134. The maximum Gasteiger partial charge on any atom is 0.141 e. The van der Waals surface area contributed by atoms with Crippen LogP contribution in [0.1, 0.15) is 45.4 Å². The van der Waals surface area contributed by atoms with Gasteiger partial charge in [0.15, 0.2) is 0 Å². The quantitative estimate of drug-likeness (QED) is 0.594. The van der Waals surface area contributed by atoms with Crippen LogP contribution in [0.4, 0.5) is 0 Å². The van der Waals surface area contributed by atoms with Gasteiger partial charge in [-0.1, -0.05) is 19.8 Å². The molecule has 62 valence electrons. The predicted octanol–water partition coefficient (Wildman–Crippen LogP) is 2.55. The molecular weight excluding hydrogens is 136 g/mol. The molecule has 0 radical (unpaired) electrons. The molecule has 11 heavy (non-hydrogen) atoms. The van der Waals surface area contributed by atoms with Crippen LogP contribution in [-0.2, 0) is 4.79 Å². The van der Waals surface area contributed by atoms with Crippen molar-refractivity contribution >= 4 is 5.78 Å². The van der Waals surface area contributed by atoms with Crippen molar-refractivity contribution in [3.8, 4) is 0 Å². The molecular formula is C10H16O. The van der Waals surface area contributed by atoms with Crippen molar-refractivity contribution < 1.29 is 4.79 Å². The van der Waals surface area contributed by atoms with E-state index in [4.69, 9.17) is 0 Å². The van der Waals surface area contributed by atoms with E-state index in [-0.39, 0.29) is 5.41 Å². The van der Waals surface area contributed by atoms with Crippen molar-refractivity contribution in [2.24, 2.45) is 11.3 Å². The maximum absolute atomic E-state index is 11.7. The highest BCUT2D eigenvalue weighted by molar-refractivity contribution is 5.89. The maximum atomic E-state index is 11.7. The first kappa shape index (κ1) is 7.33. The van der Waals surface area contributed by atoms with Crippen molar-refractivity contribution in [2.75, 3.05) is 0 Å². The summed E-state index contributed by atoms with van der Waals surface area (Å²) in [5, 5.41) is 0. The molecule has 0 bridgehead atoms. The lowest BCUT2D eigenvalue weighted by Crippen LogP contribution is -2.20. The van der Waals surface area contributed by atoms with Crippen molar-refractivity contribution in [3.05, 3.63) is 0 Å². The lowest BCUT2D eigenvalue weighted by Gasteiger charge is -2.12. The lowest BCUT2D eigenvalue weighted by molar-refractivity contribution is -0.127. The van der Waals surface area contributed by atoms with E-state index in [2.05, 4.69) is 6.92 Å². The van der Waals surface area contributed by atoms with Crippen molar-refractivity contribution in [2.45, 2.75) is 45.4 Å². The zero-order valence-corrected chi connectivity index (χ0v) is 7.23. The average molecular weight is 152 g/mol. The number of carbonyl (C=O) groups is 1. The molecule has 2 aliphatic rings.